The van der Waals surface area contributed by atoms with Crippen LogP contribution in [0.5, 0.6) is 5.88 Å². The van der Waals surface area contributed by atoms with Crippen molar-refractivity contribution in [2.75, 3.05) is 24.2 Å². The molecule has 1 aliphatic carbocycles. The fraction of sp³-hybridized carbons (Fsp3) is 0.667. The predicted molar refractivity (Wildman–Crippen MR) is 68.1 cm³/mol. The summed E-state index contributed by atoms with van der Waals surface area (Å²) in [7, 11) is 0. The summed E-state index contributed by atoms with van der Waals surface area (Å²) in [6.07, 6.45) is 4.85. The first kappa shape index (κ1) is 12.0. The smallest absolute Gasteiger partial charge is 0.225 e. The summed E-state index contributed by atoms with van der Waals surface area (Å²) >= 11 is 0. The van der Waals surface area contributed by atoms with E-state index < -0.39 is 0 Å². The van der Waals surface area contributed by atoms with Gasteiger partial charge in [-0.3, -0.25) is 0 Å². The van der Waals surface area contributed by atoms with Crippen LogP contribution in [0.1, 0.15) is 32.6 Å². The highest BCUT2D eigenvalue weighted by Gasteiger charge is 2.20. The number of anilines is 2. The Hall–Kier alpha value is -1.52. The van der Waals surface area contributed by atoms with Crippen LogP contribution in [0.4, 0.5) is 11.8 Å². The maximum atomic E-state index is 5.63. The van der Waals surface area contributed by atoms with Gasteiger partial charge in [-0.25, -0.2) is 0 Å². The first-order valence-electron chi connectivity index (χ1n) is 6.29. The number of nitrogens with one attached hydrogen (secondary N) is 1. The number of nitrogens with two attached hydrogens (primary N) is 1. The second-order valence-corrected chi connectivity index (χ2v) is 4.46. The molecule has 1 aromatic rings. The Morgan fingerprint density at radius 1 is 1.47 bits per heavy atom. The number of hydrogen-bond donors (Lipinski definition) is 2. The van der Waals surface area contributed by atoms with E-state index in [1.165, 1.54) is 12.8 Å². The molecule has 1 saturated carbocycles. The zero-order valence-electron chi connectivity index (χ0n) is 10.3. The Kier molecular flexibility index (Phi) is 4.01. The summed E-state index contributed by atoms with van der Waals surface area (Å²) in [5.41, 5.74) is 5.63. The monoisotopic (exact) mass is 236 g/mol. The standard InChI is InChI=1S/C12H20N4O/c1-2-6-14-10-8-11(16-12(13)15-10)17-7-5-9-3-4-9/h8-9H,2-7H2,1H3,(H3,13,14,15,16). The Balaban J connectivity index is 1.87. The van der Waals surface area contributed by atoms with Crippen molar-refractivity contribution in [3.8, 4) is 5.88 Å². The lowest BCUT2D eigenvalue weighted by atomic mass is 10.3. The van der Waals surface area contributed by atoms with Crippen LogP contribution in [0.25, 0.3) is 0 Å². The van der Waals surface area contributed by atoms with Gasteiger partial charge in [0.25, 0.3) is 0 Å². The van der Waals surface area contributed by atoms with E-state index in [0.29, 0.717) is 12.5 Å². The molecule has 0 saturated heterocycles. The van der Waals surface area contributed by atoms with Crippen molar-refractivity contribution >= 4 is 11.8 Å². The number of rotatable bonds is 7. The van der Waals surface area contributed by atoms with Gasteiger partial charge in [0.1, 0.15) is 5.82 Å². The first-order valence-corrected chi connectivity index (χ1v) is 6.29. The third-order valence-electron chi connectivity index (χ3n) is 2.75. The van der Waals surface area contributed by atoms with E-state index in [0.717, 1.165) is 31.1 Å². The first-order chi connectivity index (χ1) is 8.28. The maximum Gasteiger partial charge on any atom is 0.225 e. The molecule has 0 aromatic carbocycles. The third-order valence-corrected chi connectivity index (χ3v) is 2.75. The molecule has 0 aliphatic heterocycles. The van der Waals surface area contributed by atoms with Crippen LogP contribution >= 0.6 is 0 Å². The van der Waals surface area contributed by atoms with Crippen LogP contribution in [-0.2, 0) is 0 Å². The highest BCUT2D eigenvalue weighted by atomic mass is 16.5. The van der Waals surface area contributed by atoms with Crippen molar-refractivity contribution in [2.24, 2.45) is 5.92 Å². The van der Waals surface area contributed by atoms with Crippen molar-refractivity contribution in [3.63, 3.8) is 0 Å². The zero-order chi connectivity index (χ0) is 12.1. The van der Waals surface area contributed by atoms with Gasteiger partial charge in [-0.2, -0.15) is 9.97 Å². The average Bonchev–Trinajstić information content (AvgIpc) is 3.10. The van der Waals surface area contributed by atoms with Gasteiger partial charge in [0, 0.05) is 12.6 Å². The van der Waals surface area contributed by atoms with Gasteiger partial charge < -0.3 is 15.8 Å². The molecule has 0 radical (unpaired) electrons. The highest BCUT2D eigenvalue weighted by molar-refractivity contribution is 5.42. The van der Waals surface area contributed by atoms with Crippen LogP contribution in [0.3, 0.4) is 0 Å². The van der Waals surface area contributed by atoms with Gasteiger partial charge in [-0.1, -0.05) is 19.8 Å². The van der Waals surface area contributed by atoms with Crippen molar-refractivity contribution in [1.82, 2.24) is 9.97 Å². The molecule has 3 N–H and O–H groups in total. The molecule has 1 aromatic heterocycles. The summed E-state index contributed by atoms with van der Waals surface area (Å²) in [6, 6.07) is 1.80. The van der Waals surface area contributed by atoms with E-state index >= 15 is 0 Å². The highest BCUT2D eigenvalue weighted by Crippen LogP contribution is 2.32. The average molecular weight is 236 g/mol. The molecule has 5 heteroatoms. The maximum absolute atomic E-state index is 5.63. The summed E-state index contributed by atoms with van der Waals surface area (Å²) < 4.78 is 5.59. The Labute approximate surface area is 102 Å². The molecule has 1 fully saturated rings. The molecule has 0 bridgehead atoms. The minimum atomic E-state index is 0.257. The zero-order valence-corrected chi connectivity index (χ0v) is 10.3. The quantitative estimate of drug-likeness (QED) is 0.758. The summed E-state index contributed by atoms with van der Waals surface area (Å²) in [5.74, 6) is 2.43. The van der Waals surface area contributed by atoms with E-state index in [2.05, 4.69) is 22.2 Å². The molecule has 1 aliphatic rings. The molecule has 17 heavy (non-hydrogen) atoms. The lowest BCUT2D eigenvalue weighted by Crippen LogP contribution is -2.07. The molecule has 0 atom stereocenters. The number of ether oxygens (including phenoxy) is 1. The number of aromatic nitrogens is 2. The minimum Gasteiger partial charge on any atom is -0.477 e. The molecule has 1 heterocycles. The van der Waals surface area contributed by atoms with Crippen LogP contribution in [0, 0.1) is 5.92 Å². The van der Waals surface area contributed by atoms with Gasteiger partial charge in [0.05, 0.1) is 6.61 Å². The molecule has 5 nitrogen and oxygen atoms in total. The van der Waals surface area contributed by atoms with Crippen LogP contribution in [-0.4, -0.2) is 23.1 Å². The fourth-order valence-corrected chi connectivity index (χ4v) is 1.60. The third kappa shape index (κ3) is 4.09. The Morgan fingerprint density at radius 3 is 3.00 bits per heavy atom. The van der Waals surface area contributed by atoms with E-state index in [1.807, 2.05) is 0 Å². The van der Waals surface area contributed by atoms with Gasteiger partial charge in [-0.15, -0.1) is 0 Å². The normalized spacial score (nSPS) is 14.6. The van der Waals surface area contributed by atoms with E-state index in [-0.39, 0.29) is 5.95 Å². The van der Waals surface area contributed by atoms with Crippen LogP contribution in [0.2, 0.25) is 0 Å². The van der Waals surface area contributed by atoms with E-state index in [9.17, 15) is 0 Å². The number of nitrogen functional groups attached to an aromatic ring is 1. The molecule has 0 unspecified atom stereocenters. The summed E-state index contributed by atoms with van der Waals surface area (Å²) in [5, 5.41) is 3.18. The molecular formula is C12H20N4O. The SMILES string of the molecule is CCCNc1cc(OCCC2CC2)nc(N)n1. The van der Waals surface area contributed by atoms with Crippen LogP contribution in [0.15, 0.2) is 6.07 Å². The second kappa shape index (κ2) is 5.70. The molecule has 94 valence electrons. The molecular weight excluding hydrogens is 216 g/mol. The topological polar surface area (TPSA) is 73.1 Å². The lowest BCUT2D eigenvalue weighted by Gasteiger charge is -2.08. The summed E-state index contributed by atoms with van der Waals surface area (Å²) in [4.78, 5) is 8.17. The largest absolute Gasteiger partial charge is 0.477 e. The molecule has 2 rings (SSSR count). The second-order valence-electron chi connectivity index (χ2n) is 4.46. The van der Waals surface area contributed by atoms with Crippen molar-refractivity contribution in [3.05, 3.63) is 6.07 Å². The van der Waals surface area contributed by atoms with Gasteiger partial charge in [0.15, 0.2) is 0 Å². The van der Waals surface area contributed by atoms with E-state index in [4.69, 9.17) is 10.5 Å². The summed E-state index contributed by atoms with van der Waals surface area (Å²) in [6.45, 7) is 3.69. The van der Waals surface area contributed by atoms with Gasteiger partial charge in [-0.05, 0) is 18.8 Å². The molecule has 0 amide bonds. The Morgan fingerprint density at radius 2 is 2.29 bits per heavy atom. The van der Waals surface area contributed by atoms with E-state index in [1.54, 1.807) is 6.07 Å². The van der Waals surface area contributed by atoms with Crippen molar-refractivity contribution in [2.45, 2.75) is 32.6 Å². The van der Waals surface area contributed by atoms with Crippen LogP contribution < -0.4 is 15.8 Å². The number of nitrogens with zero attached hydrogens (tertiary/aromatic N) is 2. The van der Waals surface area contributed by atoms with Gasteiger partial charge in [0.2, 0.25) is 11.8 Å². The molecule has 0 spiro atoms. The Bertz CT molecular complexity index is 366. The predicted octanol–water partition coefficient (Wildman–Crippen LogP) is 2.06. The van der Waals surface area contributed by atoms with Crippen molar-refractivity contribution in [1.29, 1.82) is 0 Å². The minimum absolute atomic E-state index is 0.257. The fourth-order valence-electron chi connectivity index (χ4n) is 1.60. The van der Waals surface area contributed by atoms with Gasteiger partial charge >= 0.3 is 0 Å². The number of hydrogen-bond acceptors (Lipinski definition) is 5. The van der Waals surface area contributed by atoms with Crippen molar-refractivity contribution < 1.29 is 4.74 Å². The lowest BCUT2D eigenvalue weighted by molar-refractivity contribution is 0.291.